The van der Waals surface area contributed by atoms with E-state index in [9.17, 15) is 44.3 Å². The molecule has 0 aliphatic carbocycles. The van der Waals surface area contributed by atoms with E-state index in [0.29, 0.717) is 5.56 Å². The fraction of sp³-hybridized carbons (Fsp3) is 0.457. The van der Waals surface area contributed by atoms with Crippen molar-refractivity contribution < 1.29 is 62.6 Å². The molecule has 49 heavy (non-hydrogen) atoms. The number of esters is 1. The number of hydrogen-bond donors (Lipinski definition) is 0. The lowest BCUT2D eigenvalue weighted by molar-refractivity contribution is -0.396. The molecule has 0 saturated carbocycles. The second-order valence-electron chi connectivity index (χ2n) is 11.6. The Labute approximate surface area is 276 Å². The summed E-state index contributed by atoms with van der Waals surface area (Å²) in [6.07, 6.45) is -5.43. The summed E-state index contributed by atoms with van der Waals surface area (Å²) in [4.78, 5) is 12.5. The lowest BCUT2D eigenvalue weighted by Crippen LogP contribution is -2.60. The highest BCUT2D eigenvalue weighted by atomic mass is 19.4. The third kappa shape index (κ3) is 9.45. The van der Waals surface area contributed by atoms with Crippen LogP contribution in [0, 0.1) is 11.6 Å². The Balaban J connectivity index is 1.56. The van der Waals surface area contributed by atoms with Gasteiger partial charge in [0.2, 0.25) is 0 Å². The van der Waals surface area contributed by atoms with Crippen molar-refractivity contribution in [2.45, 2.75) is 95.3 Å². The average molecular weight is 713 g/mol. The highest BCUT2D eigenvalue weighted by Gasteiger charge is 2.81. The van der Waals surface area contributed by atoms with E-state index in [2.05, 4.69) is 6.92 Å². The second kappa shape index (κ2) is 16.2. The van der Waals surface area contributed by atoms with Gasteiger partial charge in [-0.05, 0) is 68.0 Å². The Morgan fingerprint density at radius 2 is 1.20 bits per heavy atom. The predicted octanol–water partition coefficient (Wildman–Crippen LogP) is 11.8. The van der Waals surface area contributed by atoms with Gasteiger partial charge in [0.1, 0.15) is 5.75 Å². The maximum atomic E-state index is 15.1. The molecular formula is C35H35F11O3. The number of benzene rings is 3. The molecule has 0 heterocycles. The number of unbranched alkanes of at least 4 members (excludes halogenated alkanes) is 4. The standard InChI is InChI=1S/C35H35F11O3/c1-3-4-5-6-9-22(2)49-31(47)25-12-10-23(11-13-25)27-18-19-28(30(37)29(27)36)24-14-16-26(17-15-24)48-21-8-7-20-32(38,39)33(40,41)34(42,43)35(44,45)46/h10-19,22H,3-9,20-21H2,1-2H3/t22-/m0/s1. The van der Waals surface area contributed by atoms with E-state index in [1.165, 1.54) is 60.7 Å². The van der Waals surface area contributed by atoms with Crippen LogP contribution in [0.3, 0.4) is 0 Å². The molecule has 270 valence electrons. The van der Waals surface area contributed by atoms with Crippen LogP contribution in [0.25, 0.3) is 22.3 Å². The van der Waals surface area contributed by atoms with Crippen LogP contribution in [0.4, 0.5) is 48.3 Å². The van der Waals surface area contributed by atoms with E-state index in [4.69, 9.17) is 9.47 Å². The fourth-order valence-corrected chi connectivity index (χ4v) is 4.88. The van der Waals surface area contributed by atoms with Crippen molar-refractivity contribution in [2.24, 2.45) is 0 Å². The molecule has 0 fully saturated rings. The summed E-state index contributed by atoms with van der Waals surface area (Å²) < 4.78 is 158. The predicted molar refractivity (Wildman–Crippen MR) is 161 cm³/mol. The van der Waals surface area contributed by atoms with Crippen molar-refractivity contribution >= 4 is 5.97 Å². The maximum absolute atomic E-state index is 15.1. The molecule has 0 bridgehead atoms. The molecule has 0 saturated heterocycles. The van der Waals surface area contributed by atoms with Gasteiger partial charge < -0.3 is 9.47 Å². The Morgan fingerprint density at radius 1 is 0.673 bits per heavy atom. The Hall–Kier alpha value is -3.84. The number of rotatable bonds is 17. The number of ether oxygens (including phenoxy) is 2. The Bertz CT molecular complexity index is 1520. The highest BCUT2D eigenvalue weighted by Crippen LogP contribution is 2.54. The van der Waals surface area contributed by atoms with Crippen LogP contribution in [0.1, 0.15) is 75.6 Å². The van der Waals surface area contributed by atoms with Gasteiger partial charge in [-0.2, -0.15) is 39.5 Å². The van der Waals surface area contributed by atoms with Crippen molar-refractivity contribution in [3.05, 3.63) is 77.9 Å². The Morgan fingerprint density at radius 3 is 1.71 bits per heavy atom. The summed E-state index contributed by atoms with van der Waals surface area (Å²) in [6, 6.07) is 13.9. The molecule has 3 aromatic rings. The maximum Gasteiger partial charge on any atom is 0.460 e. The summed E-state index contributed by atoms with van der Waals surface area (Å²) >= 11 is 0. The van der Waals surface area contributed by atoms with Crippen molar-refractivity contribution in [3.8, 4) is 28.0 Å². The molecule has 0 aliphatic rings. The molecule has 0 unspecified atom stereocenters. The minimum atomic E-state index is -6.93. The van der Waals surface area contributed by atoms with Gasteiger partial charge in [-0.15, -0.1) is 0 Å². The summed E-state index contributed by atoms with van der Waals surface area (Å²) in [5.41, 5.74) is 0.626. The van der Waals surface area contributed by atoms with E-state index in [-0.39, 0.29) is 40.7 Å². The van der Waals surface area contributed by atoms with Gasteiger partial charge in [0.15, 0.2) is 11.6 Å². The lowest BCUT2D eigenvalue weighted by atomic mass is 9.98. The van der Waals surface area contributed by atoms with Crippen molar-refractivity contribution in [3.63, 3.8) is 0 Å². The van der Waals surface area contributed by atoms with Gasteiger partial charge in [-0.25, -0.2) is 13.6 Å². The van der Waals surface area contributed by atoms with Gasteiger partial charge >= 0.3 is 29.9 Å². The number of carbonyl (C=O) groups is 1. The van der Waals surface area contributed by atoms with Crippen molar-refractivity contribution in [1.82, 2.24) is 0 Å². The van der Waals surface area contributed by atoms with Crippen LogP contribution < -0.4 is 4.74 Å². The highest BCUT2D eigenvalue weighted by molar-refractivity contribution is 5.90. The minimum absolute atomic E-state index is 0.0594. The topological polar surface area (TPSA) is 35.5 Å². The van der Waals surface area contributed by atoms with Gasteiger partial charge in [0, 0.05) is 17.5 Å². The fourth-order valence-electron chi connectivity index (χ4n) is 4.88. The second-order valence-corrected chi connectivity index (χ2v) is 11.6. The largest absolute Gasteiger partial charge is 0.494 e. The Kier molecular flexibility index (Phi) is 13.1. The first-order valence-electron chi connectivity index (χ1n) is 15.6. The van der Waals surface area contributed by atoms with Gasteiger partial charge in [-0.1, -0.05) is 62.6 Å². The molecule has 0 aromatic heterocycles. The van der Waals surface area contributed by atoms with E-state index in [1.807, 2.05) is 6.92 Å². The van der Waals surface area contributed by atoms with E-state index >= 15 is 8.78 Å². The summed E-state index contributed by atoms with van der Waals surface area (Å²) in [5, 5.41) is 0. The molecular weight excluding hydrogens is 677 g/mol. The molecule has 3 aromatic carbocycles. The van der Waals surface area contributed by atoms with E-state index in [1.54, 1.807) is 0 Å². The van der Waals surface area contributed by atoms with E-state index in [0.717, 1.165) is 32.1 Å². The first-order valence-corrected chi connectivity index (χ1v) is 15.6. The SMILES string of the molecule is CCCCCC[C@H](C)OC(=O)c1ccc(-c2ccc(-c3ccc(OCCCCC(F)(F)C(F)(F)C(F)(F)C(F)(F)F)cc3)c(F)c2F)cc1. The first kappa shape index (κ1) is 39.6. The normalized spacial score (nSPS) is 13.3. The molecule has 14 heteroatoms. The minimum Gasteiger partial charge on any atom is -0.494 e. The number of alkyl halides is 9. The van der Waals surface area contributed by atoms with Crippen molar-refractivity contribution in [2.75, 3.05) is 6.61 Å². The van der Waals surface area contributed by atoms with Crippen LogP contribution in [-0.2, 0) is 4.74 Å². The summed E-state index contributed by atoms with van der Waals surface area (Å²) in [7, 11) is 0. The average Bonchev–Trinajstić information content (AvgIpc) is 3.04. The quantitative estimate of drug-likeness (QED) is 0.0794. The van der Waals surface area contributed by atoms with Gasteiger partial charge in [0.25, 0.3) is 0 Å². The summed E-state index contributed by atoms with van der Waals surface area (Å²) in [5.74, 6) is -22.0. The monoisotopic (exact) mass is 712 g/mol. The zero-order valence-electron chi connectivity index (χ0n) is 26.6. The molecule has 0 aliphatic heterocycles. The number of hydrogen-bond acceptors (Lipinski definition) is 3. The molecule has 1 atom stereocenters. The molecule has 3 rings (SSSR count). The lowest BCUT2D eigenvalue weighted by Gasteiger charge is -2.33. The van der Waals surface area contributed by atoms with Crippen LogP contribution in [0.5, 0.6) is 5.75 Å². The van der Waals surface area contributed by atoms with Crippen molar-refractivity contribution in [1.29, 1.82) is 0 Å². The van der Waals surface area contributed by atoms with Crippen LogP contribution in [-0.4, -0.2) is 42.6 Å². The van der Waals surface area contributed by atoms with Crippen LogP contribution >= 0.6 is 0 Å². The smallest absolute Gasteiger partial charge is 0.460 e. The molecule has 0 N–H and O–H groups in total. The zero-order chi connectivity index (χ0) is 36.6. The van der Waals surface area contributed by atoms with Gasteiger partial charge in [0.05, 0.1) is 18.3 Å². The van der Waals surface area contributed by atoms with Crippen LogP contribution in [0.15, 0.2) is 60.7 Å². The molecule has 3 nitrogen and oxygen atoms in total. The third-order valence-electron chi connectivity index (χ3n) is 7.82. The molecule has 0 radical (unpaired) electrons. The third-order valence-corrected chi connectivity index (χ3v) is 7.82. The molecule has 0 spiro atoms. The molecule has 0 amide bonds. The number of halogens is 11. The summed E-state index contributed by atoms with van der Waals surface area (Å²) in [6.45, 7) is 3.53. The van der Waals surface area contributed by atoms with E-state index < -0.39 is 60.8 Å². The first-order chi connectivity index (χ1) is 22.8. The zero-order valence-corrected chi connectivity index (χ0v) is 26.6. The van der Waals surface area contributed by atoms with Crippen LogP contribution in [0.2, 0.25) is 0 Å². The van der Waals surface area contributed by atoms with Gasteiger partial charge in [-0.3, -0.25) is 0 Å². The number of carbonyl (C=O) groups excluding carboxylic acids is 1.